The lowest BCUT2D eigenvalue weighted by Crippen LogP contribution is -2.50. The quantitative estimate of drug-likeness (QED) is 0.560. The van der Waals surface area contributed by atoms with E-state index in [1.54, 1.807) is 15.9 Å². The molecule has 1 aliphatic heterocycles. The second-order valence-corrected chi connectivity index (χ2v) is 7.30. The predicted octanol–water partition coefficient (Wildman–Crippen LogP) is 3.09. The smallest absolute Gasteiger partial charge is 0.336 e. The molecule has 1 aliphatic rings. The van der Waals surface area contributed by atoms with Gasteiger partial charge in [0.05, 0.1) is 6.20 Å². The van der Waals surface area contributed by atoms with E-state index >= 15 is 0 Å². The molecule has 10 heteroatoms. The highest BCUT2D eigenvalue weighted by Gasteiger charge is 2.29. The minimum absolute atomic E-state index is 0.0878. The summed E-state index contributed by atoms with van der Waals surface area (Å²) in [6, 6.07) is 5.77. The fraction of sp³-hybridized carbons (Fsp3) is 0.263. The van der Waals surface area contributed by atoms with E-state index in [-0.39, 0.29) is 34.2 Å². The monoisotopic (exact) mass is 422 g/mol. The van der Waals surface area contributed by atoms with Gasteiger partial charge in [0.1, 0.15) is 5.69 Å². The number of aromatic nitrogens is 2. The molecule has 2 aromatic rings. The molecule has 0 aliphatic carbocycles. The highest BCUT2D eigenvalue weighted by atomic mass is 32.2. The standard InChI is InChI=1S/C19H17F3N4O2S/c20-19(21,22)29-15-4-1-14(2-5-15)3-6-17(27)25-9-11-26(12-10-25)18(28)16-13-23-7-8-24-16/h1-8,13H,9-12H2/b6-3+. The van der Waals surface area contributed by atoms with Gasteiger partial charge in [-0.05, 0) is 35.5 Å². The maximum Gasteiger partial charge on any atom is 0.446 e. The minimum Gasteiger partial charge on any atom is -0.336 e. The van der Waals surface area contributed by atoms with Crippen LogP contribution in [-0.2, 0) is 4.79 Å². The minimum atomic E-state index is -4.33. The van der Waals surface area contributed by atoms with Crippen LogP contribution in [0.25, 0.3) is 6.08 Å². The second-order valence-electron chi connectivity index (χ2n) is 6.16. The Morgan fingerprint density at radius 3 is 2.24 bits per heavy atom. The van der Waals surface area contributed by atoms with Crippen LogP contribution in [-0.4, -0.2) is 63.3 Å². The van der Waals surface area contributed by atoms with Gasteiger partial charge in [-0.3, -0.25) is 14.6 Å². The highest BCUT2D eigenvalue weighted by molar-refractivity contribution is 8.00. The summed E-state index contributed by atoms with van der Waals surface area (Å²) in [6.45, 7) is 1.55. The fourth-order valence-electron chi connectivity index (χ4n) is 2.75. The van der Waals surface area contributed by atoms with Gasteiger partial charge in [0, 0.05) is 49.5 Å². The van der Waals surface area contributed by atoms with Gasteiger partial charge in [0.15, 0.2) is 0 Å². The van der Waals surface area contributed by atoms with Gasteiger partial charge in [0.2, 0.25) is 5.91 Å². The maximum atomic E-state index is 12.3. The number of carbonyl (C=O) groups is 2. The summed E-state index contributed by atoms with van der Waals surface area (Å²) in [6.07, 6.45) is 7.28. The number of rotatable bonds is 4. The van der Waals surface area contributed by atoms with E-state index in [0.717, 1.165) is 0 Å². The van der Waals surface area contributed by atoms with Crippen molar-refractivity contribution in [2.45, 2.75) is 10.4 Å². The third-order valence-corrected chi connectivity index (χ3v) is 4.93. The van der Waals surface area contributed by atoms with Gasteiger partial charge in [-0.15, -0.1) is 0 Å². The summed E-state index contributed by atoms with van der Waals surface area (Å²) < 4.78 is 37.0. The Morgan fingerprint density at radius 1 is 1.00 bits per heavy atom. The molecule has 1 aromatic heterocycles. The van der Waals surface area contributed by atoms with Crippen LogP contribution in [0.5, 0.6) is 0 Å². The second kappa shape index (κ2) is 9.08. The number of halogens is 3. The highest BCUT2D eigenvalue weighted by Crippen LogP contribution is 2.36. The topological polar surface area (TPSA) is 66.4 Å². The van der Waals surface area contributed by atoms with Crippen LogP contribution in [0.2, 0.25) is 0 Å². The van der Waals surface area contributed by atoms with Crippen molar-refractivity contribution in [3.63, 3.8) is 0 Å². The van der Waals surface area contributed by atoms with Crippen molar-refractivity contribution in [1.82, 2.24) is 19.8 Å². The molecule has 0 spiro atoms. The molecule has 152 valence electrons. The van der Waals surface area contributed by atoms with Crippen LogP contribution in [0.4, 0.5) is 13.2 Å². The summed E-state index contributed by atoms with van der Waals surface area (Å²) >= 11 is -0.182. The number of benzene rings is 1. The number of hydrogen-bond donors (Lipinski definition) is 0. The van der Waals surface area contributed by atoms with Crippen molar-refractivity contribution in [2.24, 2.45) is 0 Å². The first-order chi connectivity index (χ1) is 13.8. The van der Waals surface area contributed by atoms with Crippen molar-refractivity contribution in [1.29, 1.82) is 0 Å². The molecule has 0 radical (unpaired) electrons. The number of alkyl halides is 3. The van der Waals surface area contributed by atoms with Crippen LogP contribution < -0.4 is 0 Å². The van der Waals surface area contributed by atoms with E-state index in [1.807, 2.05) is 0 Å². The Morgan fingerprint density at radius 2 is 1.66 bits per heavy atom. The van der Waals surface area contributed by atoms with Crippen molar-refractivity contribution in [2.75, 3.05) is 26.2 Å². The van der Waals surface area contributed by atoms with Crippen molar-refractivity contribution in [3.05, 3.63) is 60.2 Å². The molecule has 0 atom stereocenters. The largest absolute Gasteiger partial charge is 0.446 e. The van der Waals surface area contributed by atoms with Crippen LogP contribution in [0.1, 0.15) is 16.1 Å². The summed E-state index contributed by atoms with van der Waals surface area (Å²) in [7, 11) is 0. The Balaban J connectivity index is 1.51. The molecule has 29 heavy (non-hydrogen) atoms. The Bertz CT molecular complexity index is 881. The van der Waals surface area contributed by atoms with Gasteiger partial charge in [-0.1, -0.05) is 12.1 Å². The predicted molar refractivity (Wildman–Crippen MR) is 102 cm³/mol. The molecule has 2 amide bonds. The Labute approximate surface area is 169 Å². The van der Waals surface area contributed by atoms with E-state index in [9.17, 15) is 22.8 Å². The third-order valence-electron chi connectivity index (χ3n) is 4.19. The molecule has 3 rings (SSSR count). The molecule has 6 nitrogen and oxygen atoms in total. The molecular formula is C19H17F3N4O2S. The molecule has 0 saturated carbocycles. The molecule has 1 saturated heterocycles. The van der Waals surface area contributed by atoms with Gasteiger partial charge in [0.25, 0.3) is 5.91 Å². The van der Waals surface area contributed by atoms with Gasteiger partial charge >= 0.3 is 5.51 Å². The molecule has 1 fully saturated rings. The van der Waals surface area contributed by atoms with E-state index in [2.05, 4.69) is 9.97 Å². The van der Waals surface area contributed by atoms with Crippen molar-refractivity contribution >= 4 is 29.7 Å². The SMILES string of the molecule is O=C(/C=C/c1ccc(SC(F)(F)F)cc1)N1CCN(C(=O)c2cnccn2)CC1. The zero-order valence-electron chi connectivity index (χ0n) is 15.2. The lowest BCUT2D eigenvalue weighted by Gasteiger charge is -2.34. The molecule has 0 bridgehead atoms. The average molecular weight is 422 g/mol. The fourth-order valence-corrected chi connectivity index (χ4v) is 3.29. The summed E-state index contributed by atoms with van der Waals surface area (Å²) in [5, 5.41) is 0. The number of nitrogens with zero attached hydrogens (tertiary/aromatic N) is 4. The van der Waals surface area contributed by atoms with Crippen molar-refractivity contribution < 1.29 is 22.8 Å². The first-order valence-corrected chi connectivity index (χ1v) is 9.51. The number of hydrogen-bond acceptors (Lipinski definition) is 5. The van der Waals surface area contributed by atoms with Gasteiger partial charge in [-0.2, -0.15) is 13.2 Å². The Kier molecular flexibility index (Phi) is 6.53. The molecule has 0 unspecified atom stereocenters. The maximum absolute atomic E-state index is 12.3. The number of thioether (sulfide) groups is 1. The van der Waals surface area contributed by atoms with Crippen LogP contribution in [0.3, 0.4) is 0 Å². The number of amides is 2. The Hall–Kier alpha value is -2.88. The number of carbonyl (C=O) groups excluding carboxylic acids is 2. The first-order valence-electron chi connectivity index (χ1n) is 8.70. The lowest BCUT2D eigenvalue weighted by molar-refractivity contribution is -0.127. The van der Waals surface area contributed by atoms with Gasteiger partial charge < -0.3 is 9.80 Å². The third kappa shape index (κ3) is 6.05. The summed E-state index contributed by atoms with van der Waals surface area (Å²) in [5.41, 5.74) is -3.44. The van der Waals surface area contributed by atoms with Crippen molar-refractivity contribution in [3.8, 4) is 0 Å². The molecule has 2 heterocycles. The zero-order valence-corrected chi connectivity index (χ0v) is 16.0. The van der Waals surface area contributed by atoms with Crippen LogP contribution in [0.15, 0.2) is 53.8 Å². The van der Waals surface area contributed by atoms with Gasteiger partial charge in [-0.25, -0.2) is 4.98 Å². The van der Waals surface area contributed by atoms with E-state index in [1.165, 1.54) is 48.9 Å². The summed E-state index contributed by atoms with van der Waals surface area (Å²) in [4.78, 5) is 35.9. The average Bonchev–Trinajstić information content (AvgIpc) is 2.72. The van der Waals surface area contributed by atoms with Crippen LogP contribution in [0, 0.1) is 0 Å². The first kappa shape index (κ1) is 20.8. The lowest BCUT2D eigenvalue weighted by atomic mass is 10.2. The van der Waals surface area contributed by atoms with E-state index < -0.39 is 5.51 Å². The molecule has 0 N–H and O–H groups in total. The van der Waals surface area contributed by atoms with Crippen LogP contribution >= 0.6 is 11.8 Å². The van der Waals surface area contributed by atoms with E-state index in [0.29, 0.717) is 31.7 Å². The number of piperazine rings is 1. The summed E-state index contributed by atoms with van der Waals surface area (Å²) in [5.74, 6) is -0.442. The normalized spacial score (nSPS) is 15.0. The zero-order chi connectivity index (χ0) is 20.9. The van der Waals surface area contributed by atoms with E-state index in [4.69, 9.17) is 0 Å². The molecular weight excluding hydrogens is 405 g/mol. The molecule has 1 aromatic carbocycles.